The van der Waals surface area contributed by atoms with Gasteiger partial charge >= 0.3 is 27.1 Å². The minimum atomic E-state index is -4.27. The molecule has 266 valence electrons. The largest absolute Gasteiger partial charge is 0.436 e. The maximum atomic E-state index is 14.9. The molecule has 0 radical (unpaired) electrons. The van der Waals surface area contributed by atoms with Crippen LogP contribution in [0, 0.1) is 6.92 Å². The predicted molar refractivity (Wildman–Crippen MR) is 193 cm³/mol. The molecule has 0 heterocycles. The molecule has 12 heteroatoms. The Bertz CT molecular complexity index is 1740. The highest BCUT2D eigenvalue weighted by Crippen LogP contribution is 2.56. The second kappa shape index (κ2) is 17.6. The van der Waals surface area contributed by atoms with Crippen molar-refractivity contribution in [1.82, 2.24) is 0 Å². The zero-order valence-electron chi connectivity index (χ0n) is 29.2. The van der Waals surface area contributed by atoms with Crippen LogP contribution < -0.4 is 19.7 Å². The maximum absolute atomic E-state index is 14.9. The summed E-state index contributed by atoms with van der Waals surface area (Å²) in [5.74, 6) is -0.999. The van der Waals surface area contributed by atoms with Crippen LogP contribution in [0.2, 0.25) is 0 Å². The smallest absolute Gasteiger partial charge is 0.413 e. The van der Waals surface area contributed by atoms with E-state index in [1.807, 2.05) is 31.2 Å². The summed E-state index contributed by atoms with van der Waals surface area (Å²) in [5.41, 5.74) is 2.59. The van der Waals surface area contributed by atoms with E-state index in [-0.39, 0.29) is 22.1 Å². The third kappa shape index (κ3) is 10.6. The molecule has 0 N–H and O–H groups in total. The van der Waals surface area contributed by atoms with E-state index in [4.69, 9.17) is 27.6 Å². The van der Waals surface area contributed by atoms with Crippen LogP contribution in [0.3, 0.4) is 0 Å². The van der Waals surface area contributed by atoms with Crippen molar-refractivity contribution in [2.24, 2.45) is 0 Å². The molecule has 0 bridgehead atoms. The summed E-state index contributed by atoms with van der Waals surface area (Å²) in [4.78, 5) is 23.6. The lowest BCUT2D eigenvalue weighted by molar-refractivity contribution is -0.159. The van der Waals surface area contributed by atoms with E-state index in [1.165, 1.54) is 27.7 Å². The summed E-state index contributed by atoms with van der Waals surface area (Å²) < 4.78 is 64.9. The van der Waals surface area contributed by atoms with E-state index >= 15 is 0 Å². The fourth-order valence-electron chi connectivity index (χ4n) is 5.25. The number of rotatable bonds is 17. The van der Waals surface area contributed by atoms with E-state index in [0.717, 1.165) is 30.4 Å². The fraction of sp³-hybridized carbons (Fsp3) is 0.316. The van der Waals surface area contributed by atoms with Crippen LogP contribution in [0.15, 0.2) is 97.1 Å². The Labute approximate surface area is 294 Å². The van der Waals surface area contributed by atoms with Gasteiger partial charge in [0.15, 0.2) is 0 Å². The number of unbranched alkanes of at least 4 members (excludes halogenated alkanes) is 2. The Morgan fingerprint density at radius 2 is 1.14 bits per heavy atom. The Morgan fingerprint density at radius 3 is 1.56 bits per heavy atom. The molecule has 0 saturated heterocycles. The maximum Gasteiger partial charge on any atom is 0.413 e. The van der Waals surface area contributed by atoms with Gasteiger partial charge in [0.05, 0.1) is 16.2 Å². The van der Waals surface area contributed by atoms with E-state index in [1.54, 1.807) is 72.8 Å². The Balaban J connectivity index is 1.98. The van der Waals surface area contributed by atoms with Gasteiger partial charge in [-0.05, 0) is 81.1 Å². The molecule has 4 aromatic rings. The molecule has 0 spiro atoms. The molecule has 0 aliphatic rings. The van der Waals surface area contributed by atoms with E-state index in [0.29, 0.717) is 17.5 Å². The molecule has 4 rings (SSSR count). The van der Waals surface area contributed by atoms with Crippen molar-refractivity contribution >= 4 is 37.7 Å². The van der Waals surface area contributed by atoms with Gasteiger partial charge in [-0.15, -0.1) is 0 Å². The molecule has 0 fully saturated rings. The van der Waals surface area contributed by atoms with E-state index in [2.05, 4.69) is 6.92 Å². The summed E-state index contributed by atoms with van der Waals surface area (Å²) in [6.45, 7) is 9.37. The zero-order chi connectivity index (χ0) is 36.3. The highest BCUT2D eigenvalue weighted by molar-refractivity contribution is 7.63. The van der Waals surface area contributed by atoms with Crippen molar-refractivity contribution in [1.29, 1.82) is 0 Å². The lowest BCUT2D eigenvalue weighted by Crippen LogP contribution is -2.22. The van der Waals surface area contributed by atoms with Crippen molar-refractivity contribution in [3.05, 3.63) is 108 Å². The molecular weight excluding hydrogens is 678 g/mol. The van der Waals surface area contributed by atoms with E-state index in [9.17, 15) is 18.7 Å². The molecule has 50 heavy (non-hydrogen) atoms. The average Bonchev–Trinajstić information content (AvgIpc) is 3.04. The van der Waals surface area contributed by atoms with Gasteiger partial charge in [-0.2, -0.15) is 0 Å². The molecule has 0 saturated carbocycles. The lowest BCUT2D eigenvalue weighted by atomic mass is 9.98. The van der Waals surface area contributed by atoms with Crippen molar-refractivity contribution in [2.45, 2.75) is 79.8 Å². The first-order chi connectivity index (χ1) is 23.8. The first kappa shape index (κ1) is 38.6. The standard InChI is InChI=1S/C38H44O10P2/c1-7-8-11-18-32-25-36(47-49(41,34-20-12-9-13-21-34)45-30(5)43-28(3)39)38(33-19-16-17-27(2)24-33)37(26-32)48-50(42,35-22-14-10-15-23-35)46-31(6)44-29(4)40/h9-10,12-17,19-26,30-31H,7-8,11,18H2,1-6H3. The van der Waals surface area contributed by atoms with Gasteiger partial charge in [0.1, 0.15) is 11.5 Å². The fourth-order valence-corrected chi connectivity index (χ4v) is 8.54. The third-order valence-electron chi connectivity index (χ3n) is 7.32. The molecule has 10 nitrogen and oxygen atoms in total. The summed E-state index contributed by atoms with van der Waals surface area (Å²) in [7, 11) is -8.55. The van der Waals surface area contributed by atoms with Crippen LogP contribution in [0.1, 0.15) is 65.0 Å². The monoisotopic (exact) mass is 722 g/mol. The average molecular weight is 723 g/mol. The normalized spacial score (nSPS) is 14.8. The zero-order valence-corrected chi connectivity index (χ0v) is 31.0. The molecular formula is C38H44O10P2. The molecule has 4 unspecified atom stereocenters. The number of ether oxygens (including phenoxy) is 2. The van der Waals surface area contributed by atoms with Crippen molar-refractivity contribution in [2.75, 3.05) is 0 Å². The molecule has 4 atom stereocenters. The van der Waals surface area contributed by atoms with Gasteiger partial charge in [0.2, 0.25) is 12.6 Å². The topological polar surface area (TPSA) is 124 Å². The Kier molecular flexibility index (Phi) is 13.6. The van der Waals surface area contributed by atoms with Crippen LogP contribution in [0.4, 0.5) is 0 Å². The molecule has 0 amide bonds. The Morgan fingerprint density at radius 1 is 0.660 bits per heavy atom. The molecule has 0 aliphatic heterocycles. The van der Waals surface area contributed by atoms with Gasteiger partial charge in [0, 0.05) is 13.8 Å². The van der Waals surface area contributed by atoms with Crippen LogP contribution in [0.25, 0.3) is 11.1 Å². The second-order valence-corrected chi connectivity index (χ2v) is 15.5. The number of hydrogen-bond acceptors (Lipinski definition) is 10. The van der Waals surface area contributed by atoms with Gasteiger partial charge in [0.25, 0.3) is 0 Å². The highest BCUT2D eigenvalue weighted by atomic mass is 31.2. The Hall–Kier alpha value is -4.20. The van der Waals surface area contributed by atoms with Crippen molar-refractivity contribution in [3.63, 3.8) is 0 Å². The minimum Gasteiger partial charge on any atom is -0.436 e. The number of esters is 2. The van der Waals surface area contributed by atoms with Crippen LogP contribution in [0.5, 0.6) is 11.5 Å². The lowest BCUT2D eigenvalue weighted by Gasteiger charge is -2.27. The summed E-state index contributed by atoms with van der Waals surface area (Å²) in [6, 6.07) is 27.7. The number of carbonyl (C=O) groups is 2. The number of benzene rings is 4. The van der Waals surface area contributed by atoms with Crippen LogP contribution in [-0.2, 0) is 43.7 Å². The molecule has 4 aromatic carbocycles. The number of carbonyl (C=O) groups excluding carboxylic acids is 2. The molecule has 0 aromatic heterocycles. The van der Waals surface area contributed by atoms with Gasteiger partial charge < -0.3 is 18.5 Å². The highest BCUT2D eigenvalue weighted by Gasteiger charge is 2.37. The van der Waals surface area contributed by atoms with Crippen LogP contribution in [-0.4, -0.2) is 24.5 Å². The third-order valence-corrected chi connectivity index (χ3v) is 11.2. The predicted octanol–water partition coefficient (Wildman–Crippen LogP) is 9.04. The van der Waals surface area contributed by atoms with Gasteiger partial charge in [-0.25, -0.2) is 9.13 Å². The van der Waals surface area contributed by atoms with Crippen LogP contribution >= 0.6 is 15.2 Å². The SMILES string of the molecule is CCCCCc1cc(OP(=O)(OC(C)OC(C)=O)c2ccccc2)c(-c2cccc(C)c2)c(OP(=O)(OC(C)OC(C)=O)c2ccccc2)c1. The summed E-state index contributed by atoms with van der Waals surface area (Å²) >= 11 is 0. The minimum absolute atomic E-state index is 0.120. The van der Waals surface area contributed by atoms with E-state index < -0.39 is 39.7 Å². The van der Waals surface area contributed by atoms with Crippen molar-refractivity contribution in [3.8, 4) is 22.6 Å². The second-order valence-electron chi connectivity index (χ2n) is 11.7. The first-order valence-electron chi connectivity index (χ1n) is 16.5. The summed E-state index contributed by atoms with van der Waals surface area (Å²) in [6.07, 6.45) is 0.895. The number of hydrogen-bond donors (Lipinski definition) is 0. The summed E-state index contributed by atoms with van der Waals surface area (Å²) in [5, 5.41) is 0.447. The van der Waals surface area contributed by atoms with Gasteiger partial charge in [-0.1, -0.05) is 86.0 Å². The van der Waals surface area contributed by atoms with Crippen molar-refractivity contribution < 1.29 is 46.3 Å². The molecule has 0 aliphatic carbocycles. The first-order valence-corrected chi connectivity index (χ1v) is 19.6. The quantitative estimate of drug-likeness (QED) is 0.0451. The number of aryl methyl sites for hydroxylation is 2. The van der Waals surface area contributed by atoms with Gasteiger partial charge in [-0.3, -0.25) is 18.6 Å².